The van der Waals surface area contributed by atoms with Crippen LogP contribution in [0.2, 0.25) is 5.02 Å². The predicted molar refractivity (Wildman–Crippen MR) is 70.6 cm³/mol. The van der Waals surface area contributed by atoms with Gasteiger partial charge in [0.2, 0.25) is 0 Å². The maximum Gasteiger partial charge on any atom is 0.138 e. The molecule has 0 aromatic heterocycles. The van der Waals surface area contributed by atoms with Crippen LogP contribution in [0.25, 0.3) is 0 Å². The van der Waals surface area contributed by atoms with Gasteiger partial charge in [-0.05, 0) is 50.4 Å². The third-order valence-corrected chi connectivity index (χ3v) is 2.77. The Balaban J connectivity index is 2.74. The second kappa shape index (κ2) is 6.84. The lowest BCUT2D eigenvalue weighted by atomic mass is 10.0. The minimum atomic E-state index is 0.0860. The molecule has 3 nitrogen and oxygen atoms in total. The van der Waals surface area contributed by atoms with Crippen LogP contribution in [0, 0.1) is 5.92 Å². The Labute approximate surface area is 108 Å². The molecule has 1 unspecified atom stereocenters. The zero-order chi connectivity index (χ0) is 12.8. The predicted octanol–water partition coefficient (Wildman–Crippen LogP) is 2.24. The topological polar surface area (TPSA) is 55.5 Å². The lowest BCUT2D eigenvalue weighted by molar-refractivity contribution is 0.229. The van der Waals surface area contributed by atoms with Crippen LogP contribution in [0.5, 0.6) is 5.75 Å². The van der Waals surface area contributed by atoms with Crippen LogP contribution < -0.4 is 10.5 Å². The Morgan fingerprint density at radius 2 is 2.12 bits per heavy atom. The molecule has 0 amide bonds. The highest BCUT2D eigenvalue weighted by Gasteiger charge is 2.09. The zero-order valence-electron chi connectivity index (χ0n) is 10.3. The summed E-state index contributed by atoms with van der Waals surface area (Å²) in [6, 6.07) is 5.70. The Morgan fingerprint density at radius 3 is 2.59 bits per heavy atom. The second-order valence-corrected chi connectivity index (χ2v) is 4.83. The van der Waals surface area contributed by atoms with Gasteiger partial charge >= 0.3 is 0 Å². The van der Waals surface area contributed by atoms with Crippen LogP contribution in [0.4, 0.5) is 0 Å². The largest absolute Gasteiger partial charge is 0.489 e. The van der Waals surface area contributed by atoms with Crippen molar-refractivity contribution in [2.75, 3.05) is 13.2 Å². The van der Waals surface area contributed by atoms with Crippen molar-refractivity contribution in [2.24, 2.45) is 11.7 Å². The lowest BCUT2D eigenvalue weighted by Gasteiger charge is -2.14. The van der Waals surface area contributed by atoms with E-state index in [0.29, 0.717) is 17.3 Å². The first-order valence-corrected chi connectivity index (χ1v) is 6.20. The molecule has 4 heteroatoms. The number of ether oxygens (including phenoxy) is 1. The van der Waals surface area contributed by atoms with Crippen molar-refractivity contribution in [1.82, 2.24) is 0 Å². The van der Waals surface area contributed by atoms with Gasteiger partial charge in [0, 0.05) is 6.61 Å². The molecule has 0 radical (unpaired) electrons. The van der Waals surface area contributed by atoms with Gasteiger partial charge in [-0.15, -0.1) is 0 Å². The minimum Gasteiger partial charge on any atom is -0.489 e. The molecule has 0 bridgehead atoms. The number of benzene rings is 1. The summed E-state index contributed by atoms with van der Waals surface area (Å²) in [6.45, 7) is 4.48. The Kier molecular flexibility index (Phi) is 5.75. The zero-order valence-corrected chi connectivity index (χ0v) is 11.1. The van der Waals surface area contributed by atoms with Gasteiger partial charge in [-0.2, -0.15) is 0 Å². The SMILES string of the molecule is CC(C)Oc1ccc(CC(CN)CO)cc1Cl. The van der Waals surface area contributed by atoms with Crippen molar-refractivity contribution in [3.63, 3.8) is 0 Å². The highest BCUT2D eigenvalue weighted by Crippen LogP contribution is 2.27. The van der Waals surface area contributed by atoms with Crippen molar-refractivity contribution in [2.45, 2.75) is 26.4 Å². The van der Waals surface area contributed by atoms with Crippen LogP contribution >= 0.6 is 11.6 Å². The summed E-state index contributed by atoms with van der Waals surface area (Å²) in [7, 11) is 0. The van der Waals surface area contributed by atoms with Gasteiger partial charge in [-0.25, -0.2) is 0 Å². The van der Waals surface area contributed by atoms with E-state index in [1.54, 1.807) is 0 Å². The second-order valence-electron chi connectivity index (χ2n) is 4.42. The van der Waals surface area contributed by atoms with E-state index in [-0.39, 0.29) is 18.6 Å². The van der Waals surface area contributed by atoms with E-state index in [0.717, 1.165) is 12.0 Å². The van der Waals surface area contributed by atoms with Crippen LogP contribution in [0.15, 0.2) is 18.2 Å². The van der Waals surface area contributed by atoms with Gasteiger partial charge in [0.15, 0.2) is 0 Å². The Hall–Kier alpha value is -0.770. The van der Waals surface area contributed by atoms with Crippen molar-refractivity contribution in [3.05, 3.63) is 28.8 Å². The Morgan fingerprint density at radius 1 is 1.41 bits per heavy atom. The number of aliphatic hydroxyl groups is 1. The molecule has 0 heterocycles. The van der Waals surface area contributed by atoms with E-state index < -0.39 is 0 Å². The Bertz CT molecular complexity index is 351. The molecular weight excluding hydrogens is 238 g/mol. The van der Waals surface area contributed by atoms with E-state index in [1.165, 1.54) is 0 Å². The summed E-state index contributed by atoms with van der Waals surface area (Å²) in [5, 5.41) is 9.69. The molecule has 0 aliphatic carbocycles. The standard InChI is InChI=1S/C13H20ClNO2/c1-9(2)17-13-4-3-10(6-12(13)14)5-11(7-15)8-16/h3-4,6,9,11,16H,5,7-8,15H2,1-2H3. The average Bonchev–Trinajstić information content (AvgIpc) is 2.29. The highest BCUT2D eigenvalue weighted by molar-refractivity contribution is 6.32. The van der Waals surface area contributed by atoms with Crippen LogP contribution in [0.1, 0.15) is 19.4 Å². The van der Waals surface area contributed by atoms with E-state index in [4.69, 9.17) is 27.2 Å². The molecule has 0 aliphatic heterocycles. The van der Waals surface area contributed by atoms with Crippen molar-refractivity contribution < 1.29 is 9.84 Å². The summed E-state index contributed by atoms with van der Waals surface area (Å²) in [5.74, 6) is 0.779. The molecule has 1 aromatic carbocycles. The number of aliphatic hydroxyl groups excluding tert-OH is 1. The number of halogens is 1. The monoisotopic (exact) mass is 257 g/mol. The maximum absolute atomic E-state index is 9.09. The van der Waals surface area contributed by atoms with E-state index in [2.05, 4.69) is 0 Å². The molecule has 3 N–H and O–H groups in total. The first-order valence-electron chi connectivity index (χ1n) is 5.82. The fraction of sp³-hybridized carbons (Fsp3) is 0.538. The summed E-state index contributed by atoms with van der Waals surface area (Å²) in [4.78, 5) is 0. The number of hydrogen-bond donors (Lipinski definition) is 2. The molecule has 0 saturated heterocycles. The fourth-order valence-corrected chi connectivity index (χ4v) is 1.82. The van der Waals surface area contributed by atoms with Crippen molar-refractivity contribution in [1.29, 1.82) is 0 Å². The maximum atomic E-state index is 9.09. The smallest absolute Gasteiger partial charge is 0.138 e. The third kappa shape index (κ3) is 4.54. The molecule has 1 rings (SSSR count). The molecular formula is C13H20ClNO2. The average molecular weight is 258 g/mol. The molecule has 96 valence electrons. The summed E-state index contributed by atoms with van der Waals surface area (Å²) in [5.41, 5.74) is 6.61. The molecule has 17 heavy (non-hydrogen) atoms. The first-order chi connectivity index (χ1) is 8.06. The van der Waals surface area contributed by atoms with Gasteiger partial charge in [0.05, 0.1) is 11.1 Å². The highest BCUT2D eigenvalue weighted by atomic mass is 35.5. The van der Waals surface area contributed by atoms with E-state index >= 15 is 0 Å². The minimum absolute atomic E-state index is 0.0860. The number of rotatable bonds is 6. The molecule has 0 aliphatic rings. The van der Waals surface area contributed by atoms with Crippen LogP contribution in [-0.4, -0.2) is 24.4 Å². The number of nitrogens with two attached hydrogens (primary N) is 1. The fourth-order valence-electron chi connectivity index (χ4n) is 1.58. The van der Waals surface area contributed by atoms with Gasteiger partial charge in [0.1, 0.15) is 5.75 Å². The van der Waals surface area contributed by atoms with Gasteiger partial charge in [0.25, 0.3) is 0 Å². The summed E-state index contributed by atoms with van der Waals surface area (Å²) < 4.78 is 5.55. The summed E-state index contributed by atoms with van der Waals surface area (Å²) in [6.07, 6.45) is 0.835. The summed E-state index contributed by atoms with van der Waals surface area (Å²) >= 11 is 6.12. The molecule has 1 atom stereocenters. The van der Waals surface area contributed by atoms with E-state index in [9.17, 15) is 0 Å². The van der Waals surface area contributed by atoms with Gasteiger partial charge in [-0.3, -0.25) is 0 Å². The normalized spacial score (nSPS) is 12.8. The molecule has 0 saturated carbocycles. The van der Waals surface area contributed by atoms with Gasteiger partial charge in [-0.1, -0.05) is 17.7 Å². The van der Waals surface area contributed by atoms with E-state index in [1.807, 2.05) is 32.0 Å². The van der Waals surface area contributed by atoms with Crippen LogP contribution in [-0.2, 0) is 6.42 Å². The van der Waals surface area contributed by atoms with Crippen LogP contribution in [0.3, 0.4) is 0 Å². The lowest BCUT2D eigenvalue weighted by Crippen LogP contribution is -2.20. The number of hydrogen-bond acceptors (Lipinski definition) is 3. The van der Waals surface area contributed by atoms with Gasteiger partial charge < -0.3 is 15.6 Å². The quantitative estimate of drug-likeness (QED) is 0.822. The third-order valence-electron chi connectivity index (χ3n) is 2.47. The van der Waals surface area contributed by atoms with Crippen molar-refractivity contribution in [3.8, 4) is 5.75 Å². The van der Waals surface area contributed by atoms with Crippen molar-refractivity contribution >= 4 is 11.6 Å². The first kappa shape index (κ1) is 14.3. The molecule has 0 spiro atoms. The molecule has 1 aromatic rings. The molecule has 0 fully saturated rings.